The molecule has 0 unspecified atom stereocenters. The second kappa shape index (κ2) is 6.92. The number of aromatic nitrogens is 4. The average Bonchev–Trinajstić information content (AvgIpc) is 3.23. The van der Waals surface area contributed by atoms with E-state index in [1.165, 1.54) is 0 Å². The van der Waals surface area contributed by atoms with Crippen LogP contribution in [0, 0.1) is 0 Å². The molecule has 2 aromatic heterocycles. The minimum Gasteiger partial charge on any atom is -0.307 e. The Hall–Kier alpha value is -2.54. The molecular formula is C17H19N5OS. The summed E-state index contributed by atoms with van der Waals surface area (Å²) in [5.41, 5.74) is 1.57. The Morgan fingerprint density at radius 1 is 1.17 bits per heavy atom. The predicted octanol–water partition coefficient (Wildman–Crippen LogP) is 3.62. The van der Waals surface area contributed by atoms with Crippen molar-refractivity contribution in [2.24, 2.45) is 0 Å². The summed E-state index contributed by atoms with van der Waals surface area (Å²) >= 11 is 1.58. The topological polar surface area (TPSA) is 64.7 Å². The first-order chi connectivity index (χ1) is 11.6. The molecule has 0 atom stereocenters. The number of hydrogen-bond donors (Lipinski definition) is 1. The zero-order valence-electron chi connectivity index (χ0n) is 13.8. The Morgan fingerprint density at radius 3 is 2.58 bits per heavy atom. The molecule has 3 aromatic rings. The fourth-order valence-electron chi connectivity index (χ4n) is 2.42. The van der Waals surface area contributed by atoms with Crippen molar-refractivity contribution in [2.45, 2.75) is 25.0 Å². The minimum absolute atomic E-state index is 0.153. The number of nitrogens with one attached hydrogen (secondary N) is 1. The number of thioether (sulfide) groups is 1. The zero-order valence-corrected chi connectivity index (χ0v) is 14.6. The van der Waals surface area contributed by atoms with Crippen LogP contribution in [0.4, 0.5) is 5.82 Å². The maximum Gasteiger partial charge on any atom is 0.256 e. The van der Waals surface area contributed by atoms with Crippen molar-refractivity contribution >= 4 is 23.5 Å². The summed E-state index contributed by atoms with van der Waals surface area (Å²) in [6, 6.07) is 9.42. The fourth-order valence-corrected chi connectivity index (χ4v) is 2.95. The fraction of sp³-hybridized carbons (Fsp3) is 0.235. The number of nitrogens with zero attached hydrogens (tertiary/aromatic N) is 4. The quantitative estimate of drug-likeness (QED) is 0.720. The molecule has 0 radical (unpaired) electrons. The molecule has 2 heterocycles. The summed E-state index contributed by atoms with van der Waals surface area (Å²) in [5.74, 6) is 0.540. The summed E-state index contributed by atoms with van der Waals surface area (Å²) in [6.45, 7) is 4.04. The lowest BCUT2D eigenvalue weighted by Gasteiger charge is -2.12. The van der Waals surface area contributed by atoms with Crippen LogP contribution < -0.4 is 5.32 Å². The third-order valence-corrected chi connectivity index (χ3v) is 4.27. The van der Waals surface area contributed by atoms with Gasteiger partial charge in [-0.15, -0.1) is 0 Å². The van der Waals surface area contributed by atoms with Gasteiger partial charge >= 0.3 is 0 Å². The Bertz CT molecular complexity index is 835. The van der Waals surface area contributed by atoms with E-state index in [-0.39, 0.29) is 11.9 Å². The highest BCUT2D eigenvalue weighted by Gasteiger charge is 2.12. The second-order valence-electron chi connectivity index (χ2n) is 5.54. The molecule has 6 nitrogen and oxygen atoms in total. The summed E-state index contributed by atoms with van der Waals surface area (Å²) in [4.78, 5) is 16.7. The number of benzene rings is 1. The van der Waals surface area contributed by atoms with Crippen LogP contribution >= 0.6 is 11.8 Å². The number of anilines is 1. The molecule has 0 saturated carbocycles. The zero-order chi connectivity index (χ0) is 17.1. The number of amides is 1. The molecule has 0 fully saturated rings. The third-order valence-electron chi connectivity index (χ3n) is 3.60. The molecule has 1 N–H and O–H groups in total. The molecule has 1 aromatic carbocycles. The van der Waals surface area contributed by atoms with Crippen molar-refractivity contribution < 1.29 is 4.79 Å². The van der Waals surface area contributed by atoms with E-state index < -0.39 is 0 Å². The van der Waals surface area contributed by atoms with Gasteiger partial charge in [-0.25, -0.2) is 9.67 Å². The number of carbonyl (C=O) groups is 1. The van der Waals surface area contributed by atoms with E-state index in [0.29, 0.717) is 11.4 Å². The molecule has 3 rings (SSSR count). The normalized spacial score (nSPS) is 11.0. The third kappa shape index (κ3) is 3.21. The van der Waals surface area contributed by atoms with Gasteiger partial charge in [0.2, 0.25) is 0 Å². The number of imidazole rings is 1. The summed E-state index contributed by atoms with van der Waals surface area (Å²) in [7, 11) is 0. The summed E-state index contributed by atoms with van der Waals surface area (Å²) < 4.78 is 3.77. The van der Waals surface area contributed by atoms with Gasteiger partial charge in [-0.1, -0.05) is 11.8 Å². The van der Waals surface area contributed by atoms with E-state index in [9.17, 15) is 4.79 Å². The first kappa shape index (κ1) is 16.3. The van der Waals surface area contributed by atoms with E-state index >= 15 is 0 Å². The van der Waals surface area contributed by atoms with Crippen molar-refractivity contribution in [3.05, 3.63) is 54.5 Å². The second-order valence-corrected chi connectivity index (χ2v) is 6.31. The molecule has 0 spiro atoms. The molecule has 0 aliphatic rings. The molecule has 0 bridgehead atoms. The highest BCUT2D eigenvalue weighted by Crippen LogP contribution is 2.19. The molecule has 24 heavy (non-hydrogen) atoms. The van der Waals surface area contributed by atoms with Crippen molar-refractivity contribution in [1.82, 2.24) is 19.3 Å². The lowest BCUT2D eigenvalue weighted by atomic mass is 10.2. The number of rotatable bonds is 5. The van der Waals surface area contributed by atoms with Gasteiger partial charge in [-0.05, 0) is 44.4 Å². The first-order valence-electron chi connectivity index (χ1n) is 7.63. The molecule has 7 heteroatoms. The van der Waals surface area contributed by atoms with Crippen LogP contribution in [-0.4, -0.2) is 31.5 Å². The van der Waals surface area contributed by atoms with Gasteiger partial charge < -0.3 is 5.32 Å². The van der Waals surface area contributed by atoms with Crippen LogP contribution in [0.2, 0.25) is 0 Å². The van der Waals surface area contributed by atoms with E-state index in [2.05, 4.69) is 15.4 Å². The average molecular weight is 341 g/mol. The van der Waals surface area contributed by atoms with E-state index in [1.54, 1.807) is 34.9 Å². The van der Waals surface area contributed by atoms with Crippen LogP contribution in [0.5, 0.6) is 0 Å². The monoisotopic (exact) mass is 341 g/mol. The predicted molar refractivity (Wildman–Crippen MR) is 95.9 cm³/mol. The Balaban J connectivity index is 1.78. The van der Waals surface area contributed by atoms with Crippen molar-refractivity contribution in [3.8, 4) is 5.69 Å². The summed E-state index contributed by atoms with van der Waals surface area (Å²) in [6.07, 6.45) is 7.34. The molecule has 0 saturated heterocycles. The first-order valence-corrected chi connectivity index (χ1v) is 8.85. The molecule has 1 amide bonds. The smallest absolute Gasteiger partial charge is 0.256 e. The molecular weight excluding hydrogens is 322 g/mol. The van der Waals surface area contributed by atoms with Crippen LogP contribution in [-0.2, 0) is 0 Å². The van der Waals surface area contributed by atoms with Crippen molar-refractivity contribution in [3.63, 3.8) is 0 Å². The SMILES string of the molecule is CSc1nccn1-c1ccc(C(=O)Nc2ccnn2C(C)C)cc1. The lowest BCUT2D eigenvalue weighted by molar-refractivity contribution is 0.102. The van der Waals surface area contributed by atoms with Crippen LogP contribution in [0.3, 0.4) is 0 Å². The van der Waals surface area contributed by atoms with E-state index in [1.807, 2.05) is 55.1 Å². The molecule has 0 aliphatic heterocycles. The minimum atomic E-state index is -0.153. The number of carbonyl (C=O) groups excluding carboxylic acids is 1. The molecule has 0 aliphatic carbocycles. The number of hydrogen-bond acceptors (Lipinski definition) is 4. The van der Waals surface area contributed by atoms with Gasteiger partial charge in [0, 0.05) is 35.8 Å². The van der Waals surface area contributed by atoms with Gasteiger partial charge in [-0.3, -0.25) is 9.36 Å². The van der Waals surface area contributed by atoms with Gasteiger partial charge in [0.15, 0.2) is 5.16 Å². The lowest BCUT2D eigenvalue weighted by Crippen LogP contribution is -2.16. The van der Waals surface area contributed by atoms with E-state index in [4.69, 9.17) is 0 Å². The maximum absolute atomic E-state index is 12.4. The van der Waals surface area contributed by atoms with Crippen LogP contribution in [0.25, 0.3) is 5.69 Å². The Morgan fingerprint density at radius 2 is 1.92 bits per heavy atom. The van der Waals surface area contributed by atoms with Crippen molar-refractivity contribution in [2.75, 3.05) is 11.6 Å². The van der Waals surface area contributed by atoms with Crippen molar-refractivity contribution in [1.29, 1.82) is 0 Å². The highest BCUT2D eigenvalue weighted by atomic mass is 32.2. The maximum atomic E-state index is 12.4. The van der Waals surface area contributed by atoms with Crippen LogP contribution in [0.1, 0.15) is 30.2 Å². The van der Waals surface area contributed by atoms with Gasteiger partial charge in [0.25, 0.3) is 5.91 Å². The summed E-state index contributed by atoms with van der Waals surface area (Å²) in [5, 5.41) is 8.03. The highest BCUT2D eigenvalue weighted by molar-refractivity contribution is 7.98. The Labute approximate surface area is 144 Å². The van der Waals surface area contributed by atoms with Gasteiger partial charge in [0.05, 0.1) is 6.20 Å². The Kier molecular flexibility index (Phi) is 4.71. The standard InChI is InChI=1S/C17H19N5OS/c1-12(2)22-15(8-9-19-22)20-16(23)13-4-6-14(7-5-13)21-11-10-18-17(21)24-3/h4-12H,1-3H3,(H,20,23). The van der Waals surface area contributed by atoms with Gasteiger partial charge in [0.1, 0.15) is 5.82 Å². The van der Waals surface area contributed by atoms with Crippen LogP contribution in [0.15, 0.2) is 54.1 Å². The van der Waals surface area contributed by atoms with Gasteiger partial charge in [-0.2, -0.15) is 5.10 Å². The largest absolute Gasteiger partial charge is 0.307 e. The van der Waals surface area contributed by atoms with E-state index in [0.717, 1.165) is 10.8 Å². The molecule has 124 valence electrons.